The van der Waals surface area contributed by atoms with Gasteiger partial charge in [-0.3, -0.25) is 4.79 Å². The molecule has 92 valence electrons. The number of hydrogen-bond acceptors (Lipinski definition) is 3. The Kier molecular flexibility index (Phi) is 3.91. The van der Waals surface area contributed by atoms with Gasteiger partial charge in [-0.15, -0.1) is 0 Å². The molecule has 0 aliphatic carbocycles. The number of oxime groups is 1. The number of nitrogens with two attached hydrogens (primary N) is 1. The summed E-state index contributed by atoms with van der Waals surface area (Å²) in [7, 11) is 0. The minimum absolute atomic E-state index is 0.290. The van der Waals surface area contributed by atoms with Gasteiger partial charge >= 0.3 is 0 Å². The molecule has 0 fully saturated rings. The predicted octanol–water partition coefficient (Wildman–Crippen LogP) is 0.580. The lowest BCUT2D eigenvalue weighted by Gasteiger charge is -2.04. The van der Waals surface area contributed by atoms with Gasteiger partial charge in [0.25, 0.3) is 5.91 Å². The molecule has 0 radical (unpaired) electrons. The van der Waals surface area contributed by atoms with Gasteiger partial charge in [0.2, 0.25) is 0 Å². The van der Waals surface area contributed by atoms with Crippen molar-refractivity contribution in [1.82, 2.24) is 5.32 Å². The number of amidine groups is 1. The van der Waals surface area contributed by atoms with Gasteiger partial charge in [-0.1, -0.05) is 5.16 Å². The first-order chi connectivity index (χ1) is 7.95. The molecule has 0 heterocycles. The van der Waals surface area contributed by atoms with E-state index in [4.69, 9.17) is 10.9 Å². The van der Waals surface area contributed by atoms with E-state index in [9.17, 15) is 18.0 Å². The number of rotatable bonds is 3. The van der Waals surface area contributed by atoms with Gasteiger partial charge in [-0.05, 0) is 12.1 Å². The Hall–Kier alpha value is -2.25. The van der Waals surface area contributed by atoms with Crippen molar-refractivity contribution in [2.75, 3.05) is 6.54 Å². The second kappa shape index (κ2) is 5.19. The number of nitrogens with one attached hydrogen (secondary N) is 1. The van der Waals surface area contributed by atoms with E-state index < -0.39 is 28.9 Å². The summed E-state index contributed by atoms with van der Waals surface area (Å²) >= 11 is 0. The fraction of sp³-hybridized carbons (Fsp3) is 0.111. The van der Waals surface area contributed by atoms with Crippen LogP contribution in [0.1, 0.15) is 10.4 Å². The summed E-state index contributed by atoms with van der Waals surface area (Å²) in [5, 5.41) is 12.9. The highest BCUT2D eigenvalue weighted by atomic mass is 19.2. The third-order valence-corrected chi connectivity index (χ3v) is 1.80. The average molecular weight is 247 g/mol. The molecule has 17 heavy (non-hydrogen) atoms. The molecule has 1 aromatic carbocycles. The zero-order valence-electron chi connectivity index (χ0n) is 8.38. The van der Waals surface area contributed by atoms with Crippen LogP contribution in [0.3, 0.4) is 0 Å². The third kappa shape index (κ3) is 3.10. The minimum Gasteiger partial charge on any atom is -0.409 e. The quantitative estimate of drug-likeness (QED) is 0.240. The van der Waals surface area contributed by atoms with Crippen LogP contribution in [0.25, 0.3) is 0 Å². The van der Waals surface area contributed by atoms with Crippen molar-refractivity contribution in [3.8, 4) is 0 Å². The molecule has 0 unspecified atom stereocenters. The third-order valence-electron chi connectivity index (χ3n) is 1.80. The van der Waals surface area contributed by atoms with Crippen molar-refractivity contribution in [2.24, 2.45) is 10.9 Å². The Bertz CT molecular complexity index is 454. The number of benzene rings is 1. The van der Waals surface area contributed by atoms with Crippen LogP contribution in [0.2, 0.25) is 0 Å². The van der Waals surface area contributed by atoms with E-state index in [1.807, 2.05) is 0 Å². The predicted molar refractivity (Wildman–Crippen MR) is 52.1 cm³/mol. The first-order valence-corrected chi connectivity index (χ1v) is 4.35. The molecule has 4 N–H and O–H groups in total. The lowest BCUT2D eigenvalue weighted by atomic mass is 10.2. The second-order valence-electron chi connectivity index (χ2n) is 3.03. The molecule has 0 spiro atoms. The summed E-state index contributed by atoms with van der Waals surface area (Å²) < 4.78 is 38.2. The Labute approximate surface area is 93.7 Å². The molecule has 1 rings (SSSR count). The maximum absolute atomic E-state index is 12.8. The van der Waals surface area contributed by atoms with E-state index in [1.54, 1.807) is 0 Å². The van der Waals surface area contributed by atoms with E-state index in [0.717, 1.165) is 0 Å². The highest BCUT2D eigenvalue weighted by Crippen LogP contribution is 2.13. The monoisotopic (exact) mass is 247 g/mol. The zero-order valence-corrected chi connectivity index (χ0v) is 8.38. The standard InChI is InChI=1S/C9H8F3N3O2/c10-5-1-4(2-6(11)8(5)12)9(16)14-3-7(13)15-17/h1-2,17H,3H2,(H2,13,15)(H,14,16). The molecule has 0 aliphatic rings. The molecule has 1 aromatic rings. The molecular weight excluding hydrogens is 239 g/mol. The maximum atomic E-state index is 12.8. The first kappa shape index (κ1) is 12.8. The SMILES string of the molecule is N/C(CNC(=O)c1cc(F)c(F)c(F)c1)=N\O. The van der Waals surface area contributed by atoms with Gasteiger partial charge in [-0.2, -0.15) is 0 Å². The summed E-state index contributed by atoms with van der Waals surface area (Å²) in [6, 6.07) is 1.08. The fourth-order valence-corrected chi connectivity index (χ4v) is 0.995. The van der Waals surface area contributed by atoms with Gasteiger partial charge < -0.3 is 16.3 Å². The number of halogens is 3. The highest BCUT2D eigenvalue weighted by molar-refractivity contribution is 5.96. The van der Waals surface area contributed by atoms with Gasteiger partial charge in [0.1, 0.15) is 0 Å². The van der Waals surface area contributed by atoms with Crippen molar-refractivity contribution < 1.29 is 23.2 Å². The summed E-state index contributed by atoms with van der Waals surface area (Å²) in [5.74, 6) is -5.77. The summed E-state index contributed by atoms with van der Waals surface area (Å²) in [6.45, 7) is -0.310. The summed E-state index contributed by atoms with van der Waals surface area (Å²) in [5.41, 5.74) is 4.65. The Morgan fingerprint density at radius 1 is 1.35 bits per heavy atom. The maximum Gasteiger partial charge on any atom is 0.251 e. The molecule has 1 amide bonds. The zero-order chi connectivity index (χ0) is 13.0. The van der Waals surface area contributed by atoms with Gasteiger partial charge in [0, 0.05) is 5.56 Å². The van der Waals surface area contributed by atoms with Crippen molar-refractivity contribution in [3.05, 3.63) is 35.1 Å². The summed E-state index contributed by atoms with van der Waals surface area (Å²) in [4.78, 5) is 11.3. The van der Waals surface area contributed by atoms with Crippen LogP contribution in [0.5, 0.6) is 0 Å². The average Bonchev–Trinajstić information content (AvgIpc) is 2.31. The lowest BCUT2D eigenvalue weighted by molar-refractivity contribution is 0.0958. The summed E-state index contributed by atoms with van der Waals surface area (Å²) in [6.07, 6.45) is 0. The second-order valence-corrected chi connectivity index (χ2v) is 3.03. The first-order valence-electron chi connectivity index (χ1n) is 4.35. The van der Waals surface area contributed by atoms with Crippen LogP contribution in [0.4, 0.5) is 13.2 Å². The van der Waals surface area contributed by atoms with E-state index in [2.05, 4.69) is 10.5 Å². The normalized spacial score (nSPS) is 11.4. The van der Waals surface area contributed by atoms with Crippen LogP contribution in [-0.4, -0.2) is 23.5 Å². The highest BCUT2D eigenvalue weighted by Gasteiger charge is 2.14. The van der Waals surface area contributed by atoms with Crippen molar-refractivity contribution in [2.45, 2.75) is 0 Å². The van der Waals surface area contributed by atoms with Crippen LogP contribution in [-0.2, 0) is 0 Å². The Morgan fingerprint density at radius 3 is 2.35 bits per heavy atom. The van der Waals surface area contributed by atoms with Crippen LogP contribution in [0, 0.1) is 17.5 Å². The molecule has 0 saturated heterocycles. The van der Waals surface area contributed by atoms with Crippen LogP contribution >= 0.6 is 0 Å². The van der Waals surface area contributed by atoms with Crippen LogP contribution in [0.15, 0.2) is 17.3 Å². The number of carbonyl (C=O) groups is 1. The molecule has 0 aliphatic heterocycles. The van der Waals surface area contributed by atoms with Crippen LogP contribution < -0.4 is 11.1 Å². The number of nitrogens with zero attached hydrogens (tertiary/aromatic N) is 1. The van der Waals surface area contributed by atoms with Crippen molar-refractivity contribution in [1.29, 1.82) is 0 Å². The Balaban J connectivity index is 2.83. The van der Waals surface area contributed by atoms with Gasteiger partial charge in [0.15, 0.2) is 23.3 Å². The van der Waals surface area contributed by atoms with E-state index in [0.29, 0.717) is 12.1 Å². The van der Waals surface area contributed by atoms with Crippen molar-refractivity contribution in [3.63, 3.8) is 0 Å². The van der Waals surface area contributed by atoms with E-state index >= 15 is 0 Å². The minimum atomic E-state index is -1.65. The number of hydrogen-bond donors (Lipinski definition) is 3. The fourth-order valence-electron chi connectivity index (χ4n) is 0.995. The smallest absolute Gasteiger partial charge is 0.251 e. The molecule has 0 saturated carbocycles. The number of amides is 1. The van der Waals surface area contributed by atoms with E-state index in [-0.39, 0.29) is 12.4 Å². The topological polar surface area (TPSA) is 87.7 Å². The molecule has 5 nitrogen and oxygen atoms in total. The van der Waals surface area contributed by atoms with Gasteiger partial charge in [-0.25, -0.2) is 13.2 Å². The molecule has 0 atom stereocenters. The lowest BCUT2D eigenvalue weighted by Crippen LogP contribution is -2.33. The largest absolute Gasteiger partial charge is 0.409 e. The molecule has 0 aromatic heterocycles. The molecule has 0 bridgehead atoms. The molecule has 8 heteroatoms. The molecular formula is C9H8F3N3O2. The Morgan fingerprint density at radius 2 is 1.88 bits per heavy atom. The van der Waals surface area contributed by atoms with E-state index in [1.165, 1.54) is 0 Å². The van der Waals surface area contributed by atoms with Gasteiger partial charge in [0.05, 0.1) is 6.54 Å². The van der Waals surface area contributed by atoms with Crippen molar-refractivity contribution >= 4 is 11.7 Å². The number of carbonyl (C=O) groups excluding carboxylic acids is 1.